The van der Waals surface area contributed by atoms with E-state index in [-0.39, 0.29) is 12.4 Å². The van der Waals surface area contributed by atoms with Gasteiger partial charge in [-0.1, -0.05) is 36.1 Å². The third-order valence-electron chi connectivity index (χ3n) is 1.66. The molecule has 0 saturated heterocycles. The minimum Gasteiger partial charge on any atom is -0.508 e. The number of halogens is 1. The average Bonchev–Trinajstić information content (AvgIpc) is 2.28. The van der Waals surface area contributed by atoms with E-state index in [9.17, 15) is 5.11 Å². The third kappa shape index (κ3) is 2.29. The molecule has 0 atom stereocenters. The van der Waals surface area contributed by atoms with Gasteiger partial charge in [0.25, 0.3) is 0 Å². The Morgan fingerprint density at radius 1 is 1.15 bits per heavy atom. The van der Waals surface area contributed by atoms with E-state index in [2.05, 4.69) is 0 Å². The predicted octanol–water partition coefficient (Wildman–Crippen LogP) is 3.45. The summed E-state index contributed by atoms with van der Waals surface area (Å²) in [5.41, 5.74) is 1.16. The second-order valence-corrected chi connectivity index (χ2v) is 3.48. The Morgan fingerprint density at radius 3 is 2.85 bits per heavy atom. The smallest absolute Gasteiger partial charge is 0.116 e. The van der Waals surface area contributed by atoms with E-state index < -0.39 is 0 Å². The summed E-state index contributed by atoms with van der Waals surface area (Å²) in [4.78, 5) is 1.10. The first-order valence-electron chi connectivity index (χ1n) is 3.69. The van der Waals surface area contributed by atoms with Crippen LogP contribution in [-0.4, -0.2) is 5.11 Å². The van der Waals surface area contributed by atoms with Crippen LogP contribution in [0.1, 0.15) is 5.56 Å². The quantitative estimate of drug-likeness (QED) is 0.711. The highest BCUT2D eigenvalue weighted by Gasteiger charge is 2.01. The van der Waals surface area contributed by atoms with E-state index in [1.165, 1.54) is 0 Å². The molecule has 0 bridgehead atoms. The number of phenols is 1. The molecule has 0 spiro atoms. The van der Waals surface area contributed by atoms with Crippen molar-refractivity contribution in [3.05, 3.63) is 41.3 Å². The number of hydrogen-bond acceptors (Lipinski definition) is 2. The van der Waals surface area contributed by atoms with Gasteiger partial charge in [0.2, 0.25) is 0 Å². The van der Waals surface area contributed by atoms with Crippen molar-refractivity contribution in [3.8, 4) is 5.75 Å². The van der Waals surface area contributed by atoms with Crippen LogP contribution >= 0.6 is 24.2 Å². The number of phenolic OH excluding ortho intramolecular Hbond substituents is 1. The monoisotopic (exact) mass is 212 g/mol. The van der Waals surface area contributed by atoms with Gasteiger partial charge in [0.1, 0.15) is 5.75 Å². The second kappa shape index (κ2) is 4.40. The summed E-state index contributed by atoms with van der Waals surface area (Å²) in [6.07, 6.45) is 6.02. The SMILES string of the molecule is Cl.Oc1ccc2c(c1)SC=CC=C2. The Labute approximate surface area is 87.6 Å². The van der Waals surface area contributed by atoms with Crippen LogP contribution in [0.3, 0.4) is 0 Å². The van der Waals surface area contributed by atoms with Crippen LogP contribution in [0.4, 0.5) is 0 Å². The van der Waals surface area contributed by atoms with Gasteiger partial charge in [0.15, 0.2) is 0 Å². The first-order chi connectivity index (χ1) is 5.86. The number of aromatic hydroxyl groups is 1. The first kappa shape index (κ1) is 10.2. The zero-order valence-electron chi connectivity index (χ0n) is 6.81. The van der Waals surface area contributed by atoms with Crippen LogP contribution in [-0.2, 0) is 0 Å². The van der Waals surface area contributed by atoms with Crippen molar-refractivity contribution in [2.24, 2.45) is 0 Å². The molecule has 1 N–H and O–H groups in total. The molecule has 1 heterocycles. The van der Waals surface area contributed by atoms with Gasteiger partial charge in [-0.25, -0.2) is 0 Å². The Balaban J connectivity index is 0.000000845. The normalized spacial score (nSPS) is 12.9. The summed E-state index contributed by atoms with van der Waals surface area (Å²) in [5, 5.41) is 11.2. The zero-order chi connectivity index (χ0) is 8.39. The third-order valence-corrected chi connectivity index (χ3v) is 2.56. The highest BCUT2D eigenvalue weighted by molar-refractivity contribution is 8.02. The molecule has 0 amide bonds. The predicted molar refractivity (Wildman–Crippen MR) is 59.4 cm³/mol. The lowest BCUT2D eigenvalue weighted by atomic mass is 10.2. The lowest BCUT2D eigenvalue weighted by Gasteiger charge is -2.01. The molecule has 1 aliphatic heterocycles. The molecule has 0 aliphatic carbocycles. The minimum absolute atomic E-state index is 0. The molecular formula is C10H9ClOS. The van der Waals surface area contributed by atoms with E-state index in [0.717, 1.165) is 10.5 Å². The van der Waals surface area contributed by atoms with Crippen LogP contribution < -0.4 is 0 Å². The number of benzene rings is 1. The van der Waals surface area contributed by atoms with E-state index in [4.69, 9.17) is 0 Å². The summed E-state index contributed by atoms with van der Waals surface area (Å²) in [6.45, 7) is 0. The van der Waals surface area contributed by atoms with Crippen molar-refractivity contribution in [2.45, 2.75) is 4.90 Å². The second-order valence-electron chi connectivity index (χ2n) is 2.53. The number of rotatable bonds is 0. The van der Waals surface area contributed by atoms with Crippen molar-refractivity contribution >= 4 is 30.2 Å². The van der Waals surface area contributed by atoms with E-state index in [0.29, 0.717) is 5.75 Å². The molecule has 1 aromatic rings. The van der Waals surface area contributed by atoms with Gasteiger partial charge in [-0.3, -0.25) is 0 Å². The lowest BCUT2D eigenvalue weighted by molar-refractivity contribution is 0.474. The molecular weight excluding hydrogens is 204 g/mol. The molecule has 1 nitrogen and oxygen atoms in total. The van der Waals surface area contributed by atoms with E-state index >= 15 is 0 Å². The molecule has 0 saturated carbocycles. The summed E-state index contributed by atoms with van der Waals surface area (Å²) >= 11 is 1.62. The van der Waals surface area contributed by atoms with Crippen molar-refractivity contribution < 1.29 is 5.11 Å². The minimum atomic E-state index is 0. The molecule has 0 aromatic heterocycles. The van der Waals surface area contributed by atoms with Gasteiger partial charge in [0.05, 0.1) is 0 Å². The molecule has 0 fully saturated rings. The van der Waals surface area contributed by atoms with Gasteiger partial charge in [-0.05, 0) is 23.1 Å². The summed E-state index contributed by atoms with van der Waals surface area (Å²) in [5.74, 6) is 0.324. The Hall–Kier alpha value is -0.860. The zero-order valence-corrected chi connectivity index (χ0v) is 8.44. The summed E-state index contributed by atoms with van der Waals surface area (Å²) in [6, 6.07) is 5.40. The van der Waals surface area contributed by atoms with Gasteiger partial charge >= 0.3 is 0 Å². The Bertz CT molecular complexity index is 358. The highest BCUT2D eigenvalue weighted by atomic mass is 35.5. The van der Waals surface area contributed by atoms with Crippen molar-refractivity contribution in [2.75, 3.05) is 0 Å². The van der Waals surface area contributed by atoms with Crippen LogP contribution in [0.15, 0.2) is 40.7 Å². The fourth-order valence-corrected chi connectivity index (χ4v) is 1.86. The summed E-state index contributed by atoms with van der Waals surface area (Å²) < 4.78 is 0. The van der Waals surface area contributed by atoms with Crippen LogP contribution in [0.25, 0.3) is 6.08 Å². The average molecular weight is 213 g/mol. The maximum atomic E-state index is 9.22. The molecule has 2 rings (SSSR count). The van der Waals surface area contributed by atoms with Gasteiger partial charge in [0, 0.05) is 4.90 Å². The fraction of sp³-hybridized carbons (Fsp3) is 0. The van der Waals surface area contributed by atoms with E-state index in [1.807, 2.05) is 29.7 Å². The first-order valence-corrected chi connectivity index (χ1v) is 4.57. The molecule has 0 unspecified atom stereocenters. The van der Waals surface area contributed by atoms with Crippen LogP contribution in [0.5, 0.6) is 5.75 Å². The highest BCUT2D eigenvalue weighted by Crippen LogP contribution is 2.30. The van der Waals surface area contributed by atoms with E-state index in [1.54, 1.807) is 23.9 Å². The molecule has 1 aromatic carbocycles. The molecule has 0 radical (unpaired) electrons. The maximum absolute atomic E-state index is 9.22. The maximum Gasteiger partial charge on any atom is 0.116 e. The van der Waals surface area contributed by atoms with Crippen molar-refractivity contribution in [1.82, 2.24) is 0 Å². The standard InChI is InChI=1S/C10H8OS.ClH/c11-9-5-4-8-3-1-2-6-12-10(8)7-9;/h1-7,11H;1H. The lowest BCUT2D eigenvalue weighted by Crippen LogP contribution is -1.76. The Morgan fingerprint density at radius 2 is 2.00 bits per heavy atom. The number of thioether (sulfide) groups is 1. The number of hydrogen-bond donors (Lipinski definition) is 1. The molecule has 68 valence electrons. The van der Waals surface area contributed by atoms with Crippen molar-refractivity contribution in [3.63, 3.8) is 0 Å². The molecule has 1 aliphatic rings. The topological polar surface area (TPSA) is 20.2 Å². The van der Waals surface area contributed by atoms with Crippen molar-refractivity contribution in [1.29, 1.82) is 0 Å². The molecule has 13 heavy (non-hydrogen) atoms. The number of allylic oxidation sites excluding steroid dienone is 2. The number of fused-ring (bicyclic) bond motifs is 1. The fourth-order valence-electron chi connectivity index (χ4n) is 1.08. The van der Waals surface area contributed by atoms with Crippen LogP contribution in [0, 0.1) is 0 Å². The van der Waals surface area contributed by atoms with Gasteiger partial charge in [-0.2, -0.15) is 0 Å². The van der Waals surface area contributed by atoms with Crippen LogP contribution in [0.2, 0.25) is 0 Å². The largest absolute Gasteiger partial charge is 0.508 e. The summed E-state index contributed by atoms with van der Waals surface area (Å²) in [7, 11) is 0. The van der Waals surface area contributed by atoms with Gasteiger partial charge in [-0.15, -0.1) is 12.4 Å². The Kier molecular flexibility index (Phi) is 3.46. The molecule has 3 heteroatoms. The van der Waals surface area contributed by atoms with Gasteiger partial charge < -0.3 is 5.11 Å².